The van der Waals surface area contributed by atoms with Gasteiger partial charge in [-0.3, -0.25) is 10.1 Å². The van der Waals surface area contributed by atoms with E-state index in [0.29, 0.717) is 5.69 Å². The maximum absolute atomic E-state index is 10.9. The third-order valence-corrected chi connectivity index (χ3v) is 2.55. The van der Waals surface area contributed by atoms with Crippen LogP contribution in [0.2, 0.25) is 0 Å². The third kappa shape index (κ3) is 4.35. The van der Waals surface area contributed by atoms with Crippen molar-refractivity contribution in [2.24, 2.45) is 10.2 Å². The zero-order chi connectivity index (χ0) is 15.4. The molecule has 0 atom stereocenters. The normalized spacial score (nSPS) is 10.2. The van der Waals surface area contributed by atoms with E-state index in [-0.39, 0.29) is 52.2 Å². The molecule has 0 spiro atoms. The first-order valence-electron chi connectivity index (χ1n) is 5.70. The van der Waals surface area contributed by atoms with Gasteiger partial charge < -0.3 is 10.2 Å². The summed E-state index contributed by atoms with van der Waals surface area (Å²) in [5, 5.41) is 36.4. The quantitative estimate of drug-likeness (QED) is 0.388. The summed E-state index contributed by atoms with van der Waals surface area (Å²) in [4.78, 5) is 20.8. The van der Waals surface area contributed by atoms with Crippen molar-refractivity contribution in [1.82, 2.24) is 0 Å². The number of aromatic carboxylic acids is 1. The Labute approximate surface area is 146 Å². The van der Waals surface area contributed by atoms with Crippen LogP contribution in [-0.4, -0.2) is 50.7 Å². The Morgan fingerprint density at radius 1 is 1.05 bits per heavy atom. The van der Waals surface area contributed by atoms with Gasteiger partial charge in [0.15, 0.2) is 0 Å². The summed E-state index contributed by atoms with van der Waals surface area (Å²) in [7, 11) is 0. The summed E-state index contributed by atoms with van der Waals surface area (Å²) in [6.07, 6.45) is 0. The number of carboxylic acids is 1. The van der Waals surface area contributed by atoms with E-state index in [1.165, 1.54) is 42.5 Å². The fraction of sp³-hybridized carbons (Fsp3) is 0. The van der Waals surface area contributed by atoms with Gasteiger partial charge in [0.25, 0.3) is 5.69 Å². The number of hydrogen-bond acceptors (Lipinski definition) is 6. The van der Waals surface area contributed by atoms with Crippen molar-refractivity contribution in [3.05, 3.63) is 58.1 Å². The van der Waals surface area contributed by atoms with Crippen LogP contribution in [0.15, 0.2) is 52.7 Å². The molecule has 2 rings (SSSR count). The maximum atomic E-state index is 10.9. The van der Waals surface area contributed by atoms with Gasteiger partial charge in [-0.15, -0.1) is 0 Å². The summed E-state index contributed by atoms with van der Waals surface area (Å²) in [5.41, 5.74) is 0.274. The fourth-order valence-electron chi connectivity index (χ4n) is 1.51. The van der Waals surface area contributed by atoms with Gasteiger partial charge in [0.1, 0.15) is 11.3 Å². The van der Waals surface area contributed by atoms with Crippen LogP contribution in [0.1, 0.15) is 10.4 Å². The number of nitro benzene ring substituents is 1. The van der Waals surface area contributed by atoms with E-state index in [1.54, 1.807) is 0 Å². The minimum atomic E-state index is -1.28. The number of benzene rings is 2. The van der Waals surface area contributed by atoms with Crippen LogP contribution in [0.5, 0.6) is 5.75 Å². The number of phenols is 1. The van der Waals surface area contributed by atoms with E-state index in [9.17, 15) is 20.0 Å². The molecule has 0 amide bonds. The molecule has 8 nitrogen and oxygen atoms in total. The average molecular weight is 311 g/mol. The van der Waals surface area contributed by atoms with Gasteiger partial charge in [-0.05, 0) is 30.3 Å². The topological polar surface area (TPSA) is 125 Å². The van der Waals surface area contributed by atoms with Crippen LogP contribution in [0.3, 0.4) is 0 Å². The van der Waals surface area contributed by atoms with Crippen LogP contribution in [0.25, 0.3) is 0 Å². The molecule has 0 aliphatic rings. The van der Waals surface area contributed by atoms with Crippen LogP contribution in [-0.2, 0) is 0 Å². The van der Waals surface area contributed by atoms with Crippen LogP contribution in [0, 0.1) is 10.1 Å². The molecule has 0 fully saturated rings. The first kappa shape index (κ1) is 17.8. The molecule has 2 aromatic rings. The van der Waals surface area contributed by atoms with E-state index in [1.807, 2.05) is 0 Å². The van der Waals surface area contributed by atoms with Gasteiger partial charge in [0.05, 0.1) is 16.3 Å². The van der Waals surface area contributed by atoms with Gasteiger partial charge in [-0.2, -0.15) is 10.2 Å². The second kappa shape index (κ2) is 7.64. The van der Waals surface area contributed by atoms with Gasteiger partial charge >= 0.3 is 35.5 Å². The van der Waals surface area contributed by atoms with Crippen molar-refractivity contribution in [2.75, 3.05) is 0 Å². The Kier molecular flexibility index (Phi) is 6.17. The Hall–Kier alpha value is -2.29. The second-order valence-electron chi connectivity index (χ2n) is 3.98. The number of nitro groups is 1. The van der Waals surface area contributed by atoms with Gasteiger partial charge in [-0.1, -0.05) is 0 Å². The van der Waals surface area contributed by atoms with Gasteiger partial charge in [-0.25, -0.2) is 4.79 Å². The van der Waals surface area contributed by atoms with Crippen molar-refractivity contribution in [3.8, 4) is 5.75 Å². The molecule has 0 heterocycles. The summed E-state index contributed by atoms with van der Waals surface area (Å²) >= 11 is 0. The molecule has 0 saturated carbocycles. The Morgan fingerprint density at radius 3 is 2.14 bits per heavy atom. The zero-order valence-electron chi connectivity index (χ0n) is 10.5. The van der Waals surface area contributed by atoms with Crippen LogP contribution < -0.4 is 0 Å². The molecule has 0 aliphatic heterocycles. The predicted molar refractivity (Wildman–Crippen MR) is 79.5 cm³/mol. The molecule has 108 valence electrons. The fourth-order valence-corrected chi connectivity index (χ4v) is 1.51. The molecular weight excluding hydrogens is 301 g/mol. The summed E-state index contributed by atoms with van der Waals surface area (Å²) in [6, 6.07) is 9.18. The number of azo groups is 1. The van der Waals surface area contributed by atoms with Crippen molar-refractivity contribution in [2.45, 2.75) is 0 Å². The number of rotatable bonds is 4. The second-order valence-corrected chi connectivity index (χ2v) is 3.98. The van der Waals surface area contributed by atoms with E-state index < -0.39 is 10.9 Å². The zero-order valence-corrected chi connectivity index (χ0v) is 10.5. The van der Waals surface area contributed by atoms with Crippen molar-refractivity contribution < 1.29 is 19.9 Å². The van der Waals surface area contributed by atoms with Crippen molar-refractivity contribution in [1.29, 1.82) is 0 Å². The van der Waals surface area contributed by atoms with E-state index in [0.717, 1.165) is 0 Å². The van der Waals surface area contributed by atoms with E-state index in [4.69, 9.17) is 5.11 Å². The minimum absolute atomic E-state index is 0. The molecule has 0 unspecified atom stereocenters. The molecule has 2 aromatic carbocycles. The van der Waals surface area contributed by atoms with Gasteiger partial charge in [0.2, 0.25) is 0 Å². The number of non-ortho nitro benzene ring substituents is 1. The average Bonchev–Trinajstić information content (AvgIpc) is 2.46. The SMILES string of the molecule is O=C(O)c1cc(/N=N/c2ccc([N+](=O)[O-])cc2)ccc1O.[NaH]. The van der Waals surface area contributed by atoms with E-state index >= 15 is 0 Å². The van der Waals surface area contributed by atoms with E-state index in [2.05, 4.69) is 10.2 Å². The number of aromatic hydroxyl groups is 1. The molecule has 9 heteroatoms. The Bertz CT molecular complexity index is 731. The standard InChI is InChI=1S/C13H9N3O5.Na.H/c17-12-6-3-9(7-11(12)13(18)19)15-14-8-1-4-10(5-2-8)16(20)21;;/h1-7,17H,(H,18,19);;/b15-14+;;. The summed E-state index contributed by atoms with van der Waals surface area (Å²) in [5.74, 6) is -1.64. The number of nitrogens with zero attached hydrogens (tertiary/aromatic N) is 3. The first-order valence-corrected chi connectivity index (χ1v) is 5.70. The Balaban J connectivity index is 0.00000242. The van der Waals surface area contributed by atoms with Gasteiger partial charge in [0, 0.05) is 12.1 Å². The molecule has 0 aromatic heterocycles. The first-order chi connectivity index (χ1) is 9.97. The van der Waals surface area contributed by atoms with Crippen molar-refractivity contribution in [3.63, 3.8) is 0 Å². The molecular formula is C13H10N3NaO5. The van der Waals surface area contributed by atoms with Crippen LogP contribution in [0.4, 0.5) is 17.1 Å². The summed E-state index contributed by atoms with van der Waals surface area (Å²) < 4.78 is 0. The number of carbonyl (C=O) groups is 1. The molecule has 0 saturated heterocycles. The molecule has 0 aliphatic carbocycles. The Morgan fingerprint density at radius 2 is 1.59 bits per heavy atom. The third-order valence-electron chi connectivity index (χ3n) is 2.55. The van der Waals surface area contributed by atoms with Crippen molar-refractivity contribution >= 4 is 52.6 Å². The molecule has 0 bridgehead atoms. The number of carboxylic acid groups (broad SMARTS) is 1. The number of hydrogen-bond donors (Lipinski definition) is 2. The molecule has 2 N–H and O–H groups in total. The molecule has 0 radical (unpaired) electrons. The molecule has 22 heavy (non-hydrogen) atoms. The predicted octanol–water partition coefficient (Wildman–Crippen LogP) is 2.77. The van der Waals surface area contributed by atoms with Crippen LogP contribution >= 0.6 is 0 Å². The summed E-state index contributed by atoms with van der Waals surface area (Å²) in [6.45, 7) is 0. The monoisotopic (exact) mass is 311 g/mol.